The molecule has 9 nitrogen and oxygen atoms in total. The Morgan fingerprint density at radius 1 is 1.11 bits per heavy atom. The molecular weight excluding hydrogens is 585 g/mol. The molecule has 2 bridgehead atoms. The number of alkyl carbamates (subject to hydrolysis) is 1. The van der Waals surface area contributed by atoms with E-state index in [1.54, 1.807) is 16.4 Å². The molecule has 11 heteroatoms. The number of ketones is 1. The Hall–Kier alpha value is -2.08. The summed E-state index contributed by atoms with van der Waals surface area (Å²) in [5, 5.41) is 6.45. The summed E-state index contributed by atoms with van der Waals surface area (Å²) < 4.78 is 52.6. The second-order valence-corrected chi connectivity index (χ2v) is 16.1. The number of carbonyl (C=O) groups is 2. The monoisotopic (exact) mass is 635 g/mol. The lowest BCUT2D eigenvalue weighted by Crippen LogP contribution is -2.57. The van der Waals surface area contributed by atoms with Crippen LogP contribution in [0.3, 0.4) is 0 Å². The Bertz CT molecular complexity index is 1260. The van der Waals surface area contributed by atoms with Crippen molar-refractivity contribution in [2.75, 3.05) is 32.6 Å². The maximum atomic E-state index is 14.3. The van der Waals surface area contributed by atoms with Crippen molar-refractivity contribution in [1.82, 2.24) is 14.9 Å². The van der Waals surface area contributed by atoms with Crippen molar-refractivity contribution in [3.63, 3.8) is 0 Å². The zero-order valence-corrected chi connectivity index (χ0v) is 27.2. The van der Waals surface area contributed by atoms with E-state index in [2.05, 4.69) is 10.6 Å². The molecule has 0 spiro atoms. The van der Waals surface area contributed by atoms with Gasteiger partial charge >= 0.3 is 6.09 Å². The molecule has 2 N–H and O–H groups in total. The number of piperazine rings is 1. The number of halogens is 1. The number of nitrogens with zero attached hydrogens (tertiary/aromatic N) is 1. The maximum Gasteiger partial charge on any atom is 0.407 e. The SMILES string of the molecule is COC(=O)N[C@H](C(=O)C[C@H]1CCC[C@@H]1CC[C@H]1CN[C@@H]2CCCS(=O)(=O)N1C2)[C@@H](c1ccc(F)cc1)C1CCOC(C)(C)C1. The predicted molar refractivity (Wildman–Crippen MR) is 166 cm³/mol. The minimum atomic E-state index is -3.25. The zero-order valence-electron chi connectivity index (χ0n) is 26.4. The van der Waals surface area contributed by atoms with Crippen LogP contribution in [0.1, 0.15) is 89.5 Å². The fourth-order valence-corrected chi connectivity index (χ4v) is 10.2. The minimum Gasteiger partial charge on any atom is -0.453 e. The van der Waals surface area contributed by atoms with Crippen LogP contribution >= 0.6 is 0 Å². The number of rotatable bonds is 10. The van der Waals surface area contributed by atoms with Crippen molar-refractivity contribution in [3.8, 4) is 0 Å². The smallest absolute Gasteiger partial charge is 0.407 e. The van der Waals surface area contributed by atoms with Crippen molar-refractivity contribution >= 4 is 21.9 Å². The Morgan fingerprint density at radius 3 is 2.59 bits per heavy atom. The van der Waals surface area contributed by atoms with Crippen molar-refractivity contribution in [1.29, 1.82) is 0 Å². The summed E-state index contributed by atoms with van der Waals surface area (Å²) in [5.41, 5.74) is 0.430. The molecule has 0 radical (unpaired) electrons. The van der Waals surface area contributed by atoms with Crippen LogP contribution in [-0.2, 0) is 24.3 Å². The zero-order chi connectivity index (χ0) is 31.5. The van der Waals surface area contributed by atoms with Crippen LogP contribution in [0.25, 0.3) is 0 Å². The molecule has 4 fully saturated rings. The van der Waals surface area contributed by atoms with Gasteiger partial charge in [0.05, 0.1) is 24.5 Å². The van der Waals surface area contributed by atoms with E-state index in [4.69, 9.17) is 9.47 Å². The Labute approximate surface area is 262 Å². The Balaban J connectivity index is 1.32. The molecule has 5 rings (SSSR count). The molecule has 3 aliphatic heterocycles. The number of ether oxygens (including phenoxy) is 2. The molecule has 44 heavy (non-hydrogen) atoms. The third kappa shape index (κ3) is 8.00. The van der Waals surface area contributed by atoms with E-state index in [9.17, 15) is 22.4 Å². The number of Topliss-reactive ketones (excluding diaryl/α,β-unsaturated/α-hetero) is 1. The molecule has 1 aromatic carbocycles. The largest absolute Gasteiger partial charge is 0.453 e. The standard InChI is InChI=1S/C33H50FN3O6S/c1-33(2)19-25(15-16-43-33)30(23-9-12-26(34)13-10-23)31(36-32(39)42-3)29(38)18-24-7-4-6-22(24)11-14-28-20-35-27-8-5-17-44(40,41)37(28)21-27/h9-10,12-13,22,24-25,27-28,30-31,35H,4-8,11,14-21H2,1-3H3,(H,36,39)/t22-,24-,25?,27-,28+,30+,31-/m1/s1. The molecule has 1 aliphatic carbocycles. The number of benzene rings is 1. The quantitative estimate of drug-likeness (QED) is 0.381. The number of amides is 1. The van der Waals surface area contributed by atoms with Crippen LogP contribution in [0.4, 0.5) is 9.18 Å². The summed E-state index contributed by atoms with van der Waals surface area (Å²) in [6.07, 6.45) is 7.28. The van der Waals surface area contributed by atoms with Gasteiger partial charge in [0, 0.05) is 44.1 Å². The van der Waals surface area contributed by atoms with Gasteiger partial charge in [-0.15, -0.1) is 0 Å². The average Bonchev–Trinajstić information content (AvgIpc) is 3.38. The van der Waals surface area contributed by atoms with Gasteiger partial charge in [0.25, 0.3) is 0 Å². The fourth-order valence-electron chi connectivity index (χ4n) is 8.36. The van der Waals surface area contributed by atoms with Gasteiger partial charge in [0.2, 0.25) is 10.0 Å². The molecule has 3 heterocycles. The van der Waals surface area contributed by atoms with Gasteiger partial charge in [-0.1, -0.05) is 25.0 Å². The first-order valence-electron chi connectivity index (χ1n) is 16.5. The molecule has 1 amide bonds. The van der Waals surface area contributed by atoms with E-state index < -0.39 is 22.2 Å². The van der Waals surface area contributed by atoms with Gasteiger partial charge < -0.3 is 20.1 Å². The maximum absolute atomic E-state index is 14.3. The molecule has 4 aliphatic rings. The van der Waals surface area contributed by atoms with Crippen LogP contribution in [0.5, 0.6) is 0 Å². The number of sulfonamides is 1. The summed E-state index contributed by atoms with van der Waals surface area (Å²) >= 11 is 0. The van der Waals surface area contributed by atoms with Gasteiger partial charge in [-0.25, -0.2) is 17.6 Å². The summed E-state index contributed by atoms with van der Waals surface area (Å²) in [5.74, 6) is -0.0214. The molecule has 1 aromatic rings. The van der Waals surface area contributed by atoms with Gasteiger partial charge in [-0.3, -0.25) is 4.79 Å². The number of methoxy groups -OCH3 is 1. The lowest BCUT2D eigenvalue weighted by atomic mass is 9.71. The highest BCUT2D eigenvalue weighted by molar-refractivity contribution is 7.89. The van der Waals surface area contributed by atoms with Crippen LogP contribution in [0.15, 0.2) is 24.3 Å². The number of carbonyl (C=O) groups excluding carboxylic acids is 2. The van der Waals surface area contributed by atoms with Gasteiger partial charge in [0.1, 0.15) is 5.82 Å². The second-order valence-electron chi connectivity index (χ2n) is 14.0. The number of hydrogen-bond donors (Lipinski definition) is 2. The number of fused-ring (bicyclic) bond motifs is 2. The van der Waals surface area contributed by atoms with Gasteiger partial charge in [-0.05, 0) is 94.2 Å². The Morgan fingerprint density at radius 2 is 1.86 bits per heavy atom. The number of hydrogen-bond acceptors (Lipinski definition) is 7. The van der Waals surface area contributed by atoms with E-state index in [-0.39, 0.29) is 52.8 Å². The molecule has 246 valence electrons. The van der Waals surface area contributed by atoms with Crippen molar-refractivity contribution < 1.29 is 31.9 Å². The fraction of sp³-hybridized carbons (Fsp3) is 0.758. The van der Waals surface area contributed by atoms with Crippen LogP contribution in [-0.4, -0.2) is 80.9 Å². The van der Waals surface area contributed by atoms with E-state index in [1.807, 2.05) is 13.8 Å². The van der Waals surface area contributed by atoms with Crippen molar-refractivity contribution in [2.45, 2.75) is 108 Å². The van der Waals surface area contributed by atoms with Gasteiger partial charge in [0.15, 0.2) is 5.78 Å². The second kappa shape index (κ2) is 14.1. The molecule has 1 saturated carbocycles. The molecular formula is C33H50FN3O6S. The first kappa shape index (κ1) is 33.3. The molecule has 0 aromatic heterocycles. The van der Waals surface area contributed by atoms with E-state index in [0.29, 0.717) is 44.9 Å². The Kier molecular flexibility index (Phi) is 10.7. The van der Waals surface area contributed by atoms with Gasteiger partial charge in [-0.2, -0.15) is 4.31 Å². The minimum absolute atomic E-state index is 0.0351. The summed E-state index contributed by atoms with van der Waals surface area (Å²) in [4.78, 5) is 26.9. The van der Waals surface area contributed by atoms with Crippen LogP contribution in [0.2, 0.25) is 0 Å². The van der Waals surface area contributed by atoms with Crippen molar-refractivity contribution in [2.24, 2.45) is 17.8 Å². The molecule has 3 saturated heterocycles. The number of nitrogens with one attached hydrogen (secondary N) is 2. The third-order valence-corrected chi connectivity index (χ3v) is 12.5. The lowest BCUT2D eigenvalue weighted by molar-refractivity contribution is -0.124. The highest BCUT2D eigenvalue weighted by Gasteiger charge is 2.43. The normalized spacial score (nSPS) is 32.6. The highest BCUT2D eigenvalue weighted by atomic mass is 32.2. The summed E-state index contributed by atoms with van der Waals surface area (Å²) in [6, 6.07) is 5.61. The van der Waals surface area contributed by atoms with E-state index in [0.717, 1.165) is 50.5 Å². The highest BCUT2D eigenvalue weighted by Crippen LogP contribution is 2.43. The molecule has 8 atom stereocenters. The molecule has 2 unspecified atom stereocenters. The third-order valence-electron chi connectivity index (χ3n) is 10.6. The average molecular weight is 636 g/mol. The van der Waals surface area contributed by atoms with E-state index in [1.165, 1.54) is 19.2 Å². The summed E-state index contributed by atoms with van der Waals surface area (Å²) in [6.45, 7) is 5.84. The van der Waals surface area contributed by atoms with E-state index >= 15 is 0 Å². The first-order chi connectivity index (χ1) is 21.0. The topological polar surface area (TPSA) is 114 Å². The van der Waals surface area contributed by atoms with Crippen LogP contribution < -0.4 is 10.6 Å². The predicted octanol–water partition coefficient (Wildman–Crippen LogP) is 4.76. The lowest BCUT2D eigenvalue weighted by Gasteiger charge is -2.42. The summed E-state index contributed by atoms with van der Waals surface area (Å²) in [7, 11) is -1.95. The van der Waals surface area contributed by atoms with Crippen molar-refractivity contribution in [3.05, 3.63) is 35.6 Å². The van der Waals surface area contributed by atoms with Crippen LogP contribution in [0, 0.1) is 23.6 Å². The first-order valence-corrected chi connectivity index (χ1v) is 18.1.